The molecule has 28 heavy (non-hydrogen) atoms. The highest BCUT2D eigenvalue weighted by atomic mass is 19.3. The predicted molar refractivity (Wildman–Crippen MR) is 105 cm³/mol. The van der Waals surface area contributed by atoms with Gasteiger partial charge >= 0.3 is 6.09 Å². The van der Waals surface area contributed by atoms with Gasteiger partial charge in [-0.1, -0.05) is 6.58 Å². The molecule has 0 aromatic rings. The van der Waals surface area contributed by atoms with E-state index in [9.17, 15) is 18.4 Å². The summed E-state index contributed by atoms with van der Waals surface area (Å²) in [7, 11) is 0. The average molecular weight is 403 g/mol. The molecule has 0 radical (unpaired) electrons. The maximum absolute atomic E-state index is 12.7. The van der Waals surface area contributed by atoms with E-state index in [0.717, 1.165) is 6.92 Å². The Hall–Kier alpha value is -2.49. The Labute approximate surface area is 164 Å². The minimum atomic E-state index is -2.90. The number of carbonyl (C=O) groups is 2. The number of nitrogens with zero attached hydrogens (tertiary/aromatic N) is 1. The summed E-state index contributed by atoms with van der Waals surface area (Å²) in [5.41, 5.74) is 7.16. The van der Waals surface area contributed by atoms with Gasteiger partial charge in [-0.15, -0.1) is 0 Å². The lowest BCUT2D eigenvalue weighted by Crippen LogP contribution is -2.56. The van der Waals surface area contributed by atoms with Gasteiger partial charge in [0, 0.05) is 32.3 Å². The number of hydrogen-bond acceptors (Lipinski definition) is 6. The first kappa shape index (κ1) is 25.5. The Morgan fingerprint density at radius 1 is 1.18 bits per heavy atom. The molecule has 0 spiro atoms. The van der Waals surface area contributed by atoms with Gasteiger partial charge in [0.25, 0.3) is 5.92 Å². The third kappa shape index (κ3) is 10.6. The molecule has 0 saturated carbocycles. The molecule has 0 aromatic carbocycles. The molecule has 2 amide bonds. The molecule has 0 fully saturated rings. The van der Waals surface area contributed by atoms with Crippen LogP contribution in [0.1, 0.15) is 41.5 Å². The zero-order valence-corrected chi connectivity index (χ0v) is 17.3. The van der Waals surface area contributed by atoms with Gasteiger partial charge in [-0.3, -0.25) is 4.79 Å². The van der Waals surface area contributed by atoms with E-state index < -0.39 is 29.7 Å². The standard InChI is InChI=1S/C18H31F2N5O3/c1-12(8-9-23-24-10-17(7,19)20)18(21,13(2)25-14(3)26)11-22-15(27)28-16(4,5)6/h8-9,24H,2,10-11,21H2,1,3-7H3,(H,22,27)(H,25,26)/b12-8+,23-9-. The molecule has 0 saturated heterocycles. The van der Waals surface area contributed by atoms with Crippen LogP contribution in [0.5, 0.6) is 0 Å². The molecular formula is C18H31F2N5O3. The second kappa shape index (κ2) is 10.2. The van der Waals surface area contributed by atoms with Gasteiger partial charge in [0.1, 0.15) is 5.60 Å². The Kier molecular flexibility index (Phi) is 9.26. The number of alkyl halides is 2. The highest BCUT2D eigenvalue weighted by Gasteiger charge is 2.32. The molecule has 10 heteroatoms. The van der Waals surface area contributed by atoms with Gasteiger partial charge in [-0.25, -0.2) is 13.6 Å². The van der Waals surface area contributed by atoms with Crippen LogP contribution in [-0.4, -0.2) is 48.4 Å². The number of nitrogens with one attached hydrogen (secondary N) is 3. The minimum Gasteiger partial charge on any atom is -0.444 e. The molecule has 0 aromatic heterocycles. The first-order valence-electron chi connectivity index (χ1n) is 8.60. The van der Waals surface area contributed by atoms with Gasteiger partial charge in [0.05, 0.1) is 12.1 Å². The molecule has 1 atom stereocenters. The third-order valence-corrected chi connectivity index (χ3v) is 3.36. The van der Waals surface area contributed by atoms with Gasteiger partial charge < -0.3 is 26.5 Å². The lowest BCUT2D eigenvalue weighted by atomic mass is 9.88. The second-order valence-electron chi connectivity index (χ2n) is 7.52. The number of ether oxygens (including phenoxy) is 1. The van der Waals surface area contributed by atoms with Crippen molar-refractivity contribution < 1.29 is 23.1 Å². The molecule has 5 N–H and O–H groups in total. The molecule has 8 nitrogen and oxygen atoms in total. The fourth-order valence-corrected chi connectivity index (χ4v) is 1.87. The van der Waals surface area contributed by atoms with Crippen LogP contribution in [0.3, 0.4) is 0 Å². The normalized spacial score (nSPS) is 15.0. The topological polar surface area (TPSA) is 118 Å². The first-order chi connectivity index (χ1) is 12.6. The summed E-state index contributed by atoms with van der Waals surface area (Å²) in [6, 6.07) is 0. The molecule has 0 aliphatic carbocycles. The lowest BCUT2D eigenvalue weighted by molar-refractivity contribution is -0.118. The van der Waals surface area contributed by atoms with Gasteiger partial charge in [-0.2, -0.15) is 5.10 Å². The molecule has 160 valence electrons. The van der Waals surface area contributed by atoms with E-state index >= 15 is 0 Å². The maximum atomic E-state index is 12.7. The summed E-state index contributed by atoms with van der Waals surface area (Å²) in [4.78, 5) is 23.3. The second-order valence-corrected chi connectivity index (χ2v) is 7.52. The zero-order chi connectivity index (χ0) is 22.2. The van der Waals surface area contributed by atoms with E-state index in [2.05, 4.69) is 27.7 Å². The fourth-order valence-electron chi connectivity index (χ4n) is 1.87. The van der Waals surface area contributed by atoms with E-state index in [1.54, 1.807) is 27.7 Å². The Morgan fingerprint density at radius 3 is 2.21 bits per heavy atom. The Balaban J connectivity index is 5.29. The summed E-state index contributed by atoms with van der Waals surface area (Å²) in [5.74, 6) is -3.28. The highest BCUT2D eigenvalue weighted by Crippen LogP contribution is 2.20. The molecular weight excluding hydrogens is 372 g/mol. The number of allylic oxidation sites excluding steroid dienone is 1. The summed E-state index contributed by atoms with van der Waals surface area (Å²) in [6.07, 6.45) is 2.02. The number of hydrogen-bond donors (Lipinski definition) is 4. The smallest absolute Gasteiger partial charge is 0.407 e. The number of alkyl carbamates (subject to hydrolysis) is 1. The van der Waals surface area contributed by atoms with Crippen LogP contribution in [0, 0.1) is 0 Å². The van der Waals surface area contributed by atoms with Crippen molar-refractivity contribution in [2.45, 2.75) is 58.6 Å². The highest BCUT2D eigenvalue weighted by molar-refractivity contribution is 5.77. The number of amides is 2. The van der Waals surface area contributed by atoms with Crippen LogP contribution in [0.15, 0.2) is 29.0 Å². The lowest BCUT2D eigenvalue weighted by Gasteiger charge is -2.33. The van der Waals surface area contributed by atoms with Crippen molar-refractivity contribution in [1.82, 2.24) is 16.1 Å². The van der Waals surface area contributed by atoms with Crippen LogP contribution in [0.2, 0.25) is 0 Å². The SMILES string of the molecule is C=C(NC(C)=O)C(N)(CNC(=O)OC(C)(C)C)/C(C)=C/C=N\NCC(C)(F)F. The molecule has 0 aliphatic rings. The number of hydrazone groups is 1. The predicted octanol–water partition coefficient (Wildman–Crippen LogP) is 2.04. The van der Waals surface area contributed by atoms with Crippen molar-refractivity contribution in [2.24, 2.45) is 10.8 Å². The van der Waals surface area contributed by atoms with Crippen LogP contribution in [-0.2, 0) is 9.53 Å². The quantitative estimate of drug-likeness (QED) is 0.347. The summed E-state index contributed by atoms with van der Waals surface area (Å²) >= 11 is 0. The van der Waals surface area contributed by atoms with Crippen molar-refractivity contribution in [3.05, 3.63) is 23.9 Å². The van der Waals surface area contributed by atoms with Crippen LogP contribution in [0.4, 0.5) is 13.6 Å². The summed E-state index contributed by atoms with van der Waals surface area (Å²) < 4.78 is 30.7. The van der Waals surface area contributed by atoms with E-state index in [1.807, 2.05) is 0 Å². The van der Waals surface area contributed by atoms with Crippen LogP contribution in [0.25, 0.3) is 0 Å². The van der Waals surface area contributed by atoms with E-state index in [1.165, 1.54) is 19.2 Å². The zero-order valence-electron chi connectivity index (χ0n) is 17.3. The first-order valence-corrected chi connectivity index (χ1v) is 8.60. The van der Waals surface area contributed by atoms with Crippen molar-refractivity contribution in [2.75, 3.05) is 13.1 Å². The number of rotatable bonds is 9. The Bertz CT molecular complexity index is 636. The summed E-state index contributed by atoms with van der Waals surface area (Å²) in [6.45, 7) is 11.9. The number of halogens is 2. The maximum Gasteiger partial charge on any atom is 0.407 e. The fraction of sp³-hybridized carbons (Fsp3) is 0.611. The number of carbonyl (C=O) groups excluding carboxylic acids is 2. The summed E-state index contributed by atoms with van der Waals surface area (Å²) in [5, 5.41) is 8.70. The molecule has 0 bridgehead atoms. The van der Waals surface area contributed by atoms with Gasteiger partial charge in [0.2, 0.25) is 5.91 Å². The van der Waals surface area contributed by atoms with Crippen LogP contribution >= 0.6 is 0 Å². The van der Waals surface area contributed by atoms with Crippen LogP contribution < -0.4 is 21.8 Å². The molecule has 0 heterocycles. The minimum absolute atomic E-state index is 0.127. The largest absolute Gasteiger partial charge is 0.444 e. The van der Waals surface area contributed by atoms with E-state index in [0.29, 0.717) is 5.57 Å². The molecule has 0 aliphatic heterocycles. The number of nitrogens with two attached hydrogens (primary N) is 1. The van der Waals surface area contributed by atoms with Gasteiger partial charge in [0.15, 0.2) is 0 Å². The average Bonchev–Trinajstić information content (AvgIpc) is 2.48. The van der Waals surface area contributed by atoms with Crippen molar-refractivity contribution in [3.8, 4) is 0 Å². The van der Waals surface area contributed by atoms with E-state index in [4.69, 9.17) is 10.5 Å². The Morgan fingerprint density at radius 2 is 1.75 bits per heavy atom. The van der Waals surface area contributed by atoms with Gasteiger partial charge in [-0.05, 0) is 39.3 Å². The van der Waals surface area contributed by atoms with E-state index in [-0.39, 0.29) is 18.1 Å². The monoisotopic (exact) mass is 403 g/mol. The third-order valence-electron chi connectivity index (χ3n) is 3.36. The van der Waals surface area contributed by atoms with Crippen molar-refractivity contribution in [1.29, 1.82) is 0 Å². The molecule has 0 rings (SSSR count). The molecule has 1 unspecified atom stereocenters. The van der Waals surface area contributed by atoms with Crippen molar-refractivity contribution >= 4 is 18.2 Å². The van der Waals surface area contributed by atoms with Crippen molar-refractivity contribution in [3.63, 3.8) is 0 Å².